The Balaban J connectivity index is 1.65. The molecule has 3 rings (SSSR count). The average Bonchev–Trinajstić information content (AvgIpc) is 2.92. The van der Waals surface area contributed by atoms with Crippen molar-refractivity contribution >= 4 is 0 Å². The summed E-state index contributed by atoms with van der Waals surface area (Å²) in [7, 11) is 1.99. The summed E-state index contributed by atoms with van der Waals surface area (Å²) in [6.07, 6.45) is 6.46. The maximum absolute atomic E-state index is 5.85. The Morgan fingerprint density at radius 1 is 1.56 bits per heavy atom. The molecule has 4 heteroatoms. The van der Waals surface area contributed by atoms with E-state index in [1.807, 2.05) is 17.9 Å². The maximum Gasteiger partial charge on any atom is 0.0733 e. The Morgan fingerprint density at radius 2 is 2.44 bits per heavy atom. The molecule has 2 aliphatic heterocycles. The Bertz CT molecular complexity index is 376. The highest BCUT2D eigenvalue weighted by Gasteiger charge is 2.41. The van der Waals surface area contributed by atoms with E-state index in [9.17, 15) is 0 Å². The molecule has 4 nitrogen and oxygen atoms in total. The Hall–Kier alpha value is -0.870. The fourth-order valence-electron chi connectivity index (χ4n) is 3.03. The minimum Gasteiger partial charge on any atom is -0.373 e. The lowest BCUT2D eigenvalue weighted by Crippen LogP contribution is -2.39. The van der Waals surface area contributed by atoms with Crippen LogP contribution in [0.4, 0.5) is 0 Å². The van der Waals surface area contributed by atoms with Gasteiger partial charge in [-0.3, -0.25) is 4.68 Å². The van der Waals surface area contributed by atoms with Crippen LogP contribution in [0.3, 0.4) is 0 Å². The van der Waals surface area contributed by atoms with Crippen LogP contribution in [0.5, 0.6) is 0 Å². The summed E-state index contributed by atoms with van der Waals surface area (Å²) >= 11 is 0. The predicted molar refractivity (Wildman–Crippen MR) is 61.1 cm³/mol. The first-order chi connectivity index (χ1) is 7.74. The number of rotatable bonds is 3. The van der Waals surface area contributed by atoms with Crippen molar-refractivity contribution in [1.29, 1.82) is 0 Å². The minimum absolute atomic E-state index is 0.348. The third-order valence-corrected chi connectivity index (χ3v) is 3.87. The first kappa shape index (κ1) is 10.3. The summed E-state index contributed by atoms with van der Waals surface area (Å²) in [6.45, 7) is 2.20. The van der Waals surface area contributed by atoms with Crippen molar-refractivity contribution in [2.75, 3.05) is 0 Å². The molecule has 16 heavy (non-hydrogen) atoms. The van der Waals surface area contributed by atoms with Crippen molar-refractivity contribution in [3.63, 3.8) is 0 Å². The van der Waals surface area contributed by atoms with Crippen molar-refractivity contribution in [2.24, 2.45) is 7.05 Å². The number of nitrogens with one attached hydrogen (secondary N) is 1. The van der Waals surface area contributed by atoms with Gasteiger partial charge in [-0.2, -0.15) is 5.10 Å². The zero-order valence-electron chi connectivity index (χ0n) is 9.89. The number of fused-ring (bicyclic) bond motifs is 2. The van der Waals surface area contributed by atoms with Crippen LogP contribution in [0.25, 0.3) is 0 Å². The number of hydrogen-bond acceptors (Lipinski definition) is 3. The van der Waals surface area contributed by atoms with Crippen molar-refractivity contribution in [3.8, 4) is 0 Å². The van der Waals surface area contributed by atoms with E-state index >= 15 is 0 Å². The molecule has 2 bridgehead atoms. The Morgan fingerprint density at radius 3 is 3.00 bits per heavy atom. The van der Waals surface area contributed by atoms with Crippen molar-refractivity contribution in [1.82, 2.24) is 15.1 Å². The highest BCUT2D eigenvalue weighted by atomic mass is 16.5. The molecule has 4 unspecified atom stereocenters. The molecule has 0 aliphatic carbocycles. The van der Waals surface area contributed by atoms with Gasteiger partial charge in [0, 0.05) is 25.3 Å². The lowest BCUT2D eigenvalue weighted by atomic mass is 9.95. The maximum atomic E-state index is 5.85. The second-order valence-corrected chi connectivity index (χ2v) is 4.98. The summed E-state index contributed by atoms with van der Waals surface area (Å²) < 4.78 is 7.78. The normalized spacial score (nSPS) is 34.5. The molecular formula is C12H19N3O. The summed E-state index contributed by atoms with van der Waals surface area (Å²) in [5.74, 6) is 0. The van der Waals surface area contributed by atoms with E-state index in [0.717, 1.165) is 0 Å². The molecule has 2 fully saturated rings. The first-order valence-corrected chi connectivity index (χ1v) is 6.13. The van der Waals surface area contributed by atoms with E-state index in [1.54, 1.807) is 0 Å². The van der Waals surface area contributed by atoms with E-state index in [2.05, 4.69) is 23.4 Å². The monoisotopic (exact) mass is 221 g/mol. The van der Waals surface area contributed by atoms with Crippen LogP contribution in [0.1, 0.15) is 37.9 Å². The van der Waals surface area contributed by atoms with Crippen molar-refractivity contribution in [3.05, 3.63) is 18.0 Å². The van der Waals surface area contributed by atoms with Crippen molar-refractivity contribution in [2.45, 2.75) is 50.5 Å². The second-order valence-electron chi connectivity index (χ2n) is 4.98. The molecule has 1 aromatic heterocycles. The molecule has 2 aliphatic rings. The number of hydrogen-bond donors (Lipinski definition) is 1. The van der Waals surface area contributed by atoms with Gasteiger partial charge in [-0.05, 0) is 32.3 Å². The van der Waals surface area contributed by atoms with Crippen LogP contribution >= 0.6 is 0 Å². The van der Waals surface area contributed by atoms with Gasteiger partial charge in [-0.1, -0.05) is 0 Å². The zero-order valence-corrected chi connectivity index (χ0v) is 9.89. The number of aromatic nitrogens is 2. The lowest BCUT2D eigenvalue weighted by Gasteiger charge is -2.24. The fourth-order valence-corrected chi connectivity index (χ4v) is 3.03. The summed E-state index contributed by atoms with van der Waals surface area (Å²) in [5.41, 5.74) is 1.24. The molecule has 1 N–H and O–H groups in total. The highest BCUT2D eigenvalue weighted by Crippen LogP contribution is 2.35. The molecule has 3 heterocycles. The smallest absolute Gasteiger partial charge is 0.0733 e. The van der Waals surface area contributed by atoms with Crippen LogP contribution in [0.2, 0.25) is 0 Å². The fraction of sp³-hybridized carbons (Fsp3) is 0.750. The minimum atomic E-state index is 0.348. The van der Waals surface area contributed by atoms with Gasteiger partial charge in [0.05, 0.1) is 17.9 Å². The molecule has 0 saturated carbocycles. The quantitative estimate of drug-likeness (QED) is 0.838. The topological polar surface area (TPSA) is 39.1 Å². The Labute approximate surface area is 96.0 Å². The van der Waals surface area contributed by atoms with Gasteiger partial charge in [0.1, 0.15) is 0 Å². The van der Waals surface area contributed by atoms with Gasteiger partial charge in [-0.15, -0.1) is 0 Å². The molecule has 0 spiro atoms. The third-order valence-electron chi connectivity index (χ3n) is 3.87. The number of nitrogens with zero attached hydrogens (tertiary/aromatic N) is 2. The predicted octanol–water partition coefficient (Wildman–Crippen LogP) is 1.39. The summed E-state index contributed by atoms with van der Waals surface area (Å²) in [5, 5.41) is 7.87. The molecule has 88 valence electrons. The molecule has 0 radical (unpaired) electrons. The van der Waals surface area contributed by atoms with Gasteiger partial charge < -0.3 is 10.1 Å². The largest absolute Gasteiger partial charge is 0.373 e. The van der Waals surface area contributed by atoms with E-state index in [1.165, 1.54) is 25.0 Å². The van der Waals surface area contributed by atoms with Crippen LogP contribution in [0, 0.1) is 0 Å². The van der Waals surface area contributed by atoms with Crippen LogP contribution < -0.4 is 5.32 Å². The summed E-state index contributed by atoms with van der Waals surface area (Å²) in [4.78, 5) is 0. The molecule has 2 saturated heterocycles. The van der Waals surface area contributed by atoms with Crippen LogP contribution in [-0.2, 0) is 11.8 Å². The van der Waals surface area contributed by atoms with E-state index in [0.29, 0.717) is 24.3 Å². The summed E-state index contributed by atoms with van der Waals surface area (Å²) in [6, 6.07) is 2.95. The highest BCUT2D eigenvalue weighted by molar-refractivity contribution is 5.07. The van der Waals surface area contributed by atoms with E-state index in [-0.39, 0.29) is 0 Å². The molecule has 4 atom stereocenters. The SMILES string of the molecule is CC(NC1CC2CCC1O2)c1ccnn1C. The lowest BCUT2D eigenvalue weighted by molar-refractivity contribution is 0.0961. The number of aryl methyl sites for hydroxylation is 1. The van der Waals surface area contributed by atoms with Crippen LogP contribution in [0.15, 0.2) is 12.3 Å². The first-order valence-electron chi connectivity index (χ1n) is 6.13. The van der Waals surface area contributed by atoms with E-state index < -0.39 is 0 Å². The number of ether oxygens (including phenoxy) is 1. The average molecular weight is 221 g/mol. The third kappa shape index (κ3) is 1.66. The van der Waals surface area contributed by atoms with E-state index in [4.69, 9.17) is 4.74 Å². The molecule has 1 aromatic rings. The standard InChI is InChI=1S/C12H19N3O/c1-8(11-5-6-13-15(11)2)14-10-7-9-3-4-12(10)16-9/h5-6,8-10,12,14H,3-4,7H2,1-2H3. The van der Waals surface area contributed by atoms with Gasteiger partial charge in [0.2, 0.25) is 0 Å². The molecule has 0 aromatic carbocycles. The molecule has 0 amide bonds. The Kier molecular flexibility index (Phi) is 2.48. The second kappa shape index (κ2) is 3.86. The molecular weight excluding hydrogens is 202 g/mol. The van der Waals surface area contributed by atoms with Gasteiger partial charge >= 0.3 is 0 Å². The van der Waals surface area contributed by atoms with Crippen molar-refractivity contribution < 1.29 is 4.74 Å². The zero-order chi connectivity index (χ0) is 11.1. The van der Waals surface area contributed by atoms with Gasteiger partial charge in [0.15, 0.2) is 0 Å². The van der Waals surface area contributed by atoms with Gasteiger partial charge in [0.25, 0.3) is 0 Å². The van der Waals surface area contributed by atoms with Gasteiger partial charge in [-0.25, -0.2) is 0 Å². The van der Waals surface area contributed by atoms with Crippen LogP contribution in [-0.4, -0.2) is 28.0 Å².